The predicted molar refractivity (Wildman–Crippen MR) is 79.5 cm³/mol. The van der Waals surface area contributed by atoms with Crippen molar-refractivity contribution in [2.45, 2.75) is 39.3 Å². The summed E-state index contributed by atoms with van der Waals surface area (Å²) < 4.78 is 11.6. The number of nitrogens with two attached hydrogens (primary N) is 1. The van der Waals surface area contributed by atoms with E-state index in [4.69, 9.17) is 15.0 Å². The molecule has 20 heavy (non-hydrogen) atoms. The molecule has 5 nitrogen and oxygen atoms in total. The van der Waals surface area contributed by atoms with Gasteiger partial charge in [0.25, 0.3) is 0 Å². The van der Waals surface area contributed by atoms with Crippen LogP contribution in [-0.4, -0.2) is 16.2 Å². The quantitative estimate of drug-likeness (QED) is 0.875. The molecular formula is C14H18BrN3O2. The van der Waals surface area contributed by atoms with Gasteiger partial charge in [0.15, 0.2) is 6.61 Å². The average Bonchev–Trinajstić information content (AvgIpc) is 2.83. The zero-order valence-corrected chi connectivity index (χ0v) is 13.2. The number of hydrogen-bond donors (Lipinski definition) is 1. The van der Waals surface area contributed by atoms with Gasteiger partial charge >= 0.3 is 0 Å². The van der Waals surface area contributed by atoms with Gasteiger partial charge in [-0.2, -0.15) is 4.98 Å². The molecular weight excluding hydrogens is 322 g/mol. The van der Waals surface area contributed by atoms with Gasteiger partial charge in [-0.25, -0.2) is 0 Å². The summed E-state index contributed by atoms with van der Waals surface area (Å²) in [5.74, 6) is 1.85. The fraction of sp³-hybridized carbons (Fsp3) is 0.429. The van der Waals surface area contributed by atoms with Crippen LogP contribution in [0.25, 0.3) is 0 Å². The highest BCUT2D eigenvalue weighted by atomic mass is 79.9. The van der Waals surface area contributed by atoms with Crippen LogP contribution in [0.2, 0.25) is 0 Å². The Bertz CT molecular complexity index is 571. The zero-order valence-electron chi connectivity index (χ0n) is 11.6. The maximum atomic E-state index is 6.02. The van der Waals surface area contributed by atoms with E-state index in [-0.39, 0.29) is 12.6 Å². The molecule has 0 fully saturated rings. The lowest BCUT2D eigenvalue weighted by atomic mass is 10.0. The molecule has 1 atom stereocenters. The first kappa shape index (κ1) is 15.0. The van der Waals surface area contributed by atoms with E-state index in [0.29, 0.717) is 11.7 Å². The Labute approximate surface area is 126 Å². The molecule has 2 N–H and O–H groups in total. The molecule has 6 heteroatoms. The van der Waals surface area contributed by atoms with Crippen LogP contribution >= 0.6 is 15.9 Å². The minimum Gasteiger partial charge on any atom is -0.484 e. The van der Waals surface area contributed by atoms with Crippen LogP contribution < -0.4 is 10.5 Å². The molecule has 1 aromatic heterocycles. The maximum Gasteiger partial charge on any atom is 0.223 e. The van der Waals surface area contributed by atoms with Crippen LogP contribution in [0.4, 0.5) is 0 Å². The van der Waals surface area contributed by atoms with E-state index in [9.17, 15) is 0 Å². The Morgan fingerprint density at radius 1 is 1.45 bits per heavy atom. The van der Waals surface area contributed by atoms with Crippen molar-refractivity contribution in [1.82, 2.24) is 10.1 Å². The van der Waals surface area contributed by atoms with Crippen LogP contribution in [0.15, 0.2) is 27.2 Å². The van der Waals surface area contributed by atoms with Gasteiger partial charge < -0.3 is 15.0 Å². The second kappa shape index (κ2) is 6.85. The van der Waals surface area contributed by atoms with Crippen molar-refractivity contribution >= 4 is 15.9 Å². The summed E-state index contributed by atoms with van der Waals surface area (Å²) in [6, 6.07) is 6.07. The summed E-state index contributed by atoms with van der Waals surface area (Å²) >= 11 is 3.51. The Morgan fingerprint density at radius 2 is 2.25 bits per heavy atom. The number of aryl methyl sites for hydroxylation is 1. The topological polar surface area (TPSA) is 74.2 Å². The smallest absolute Gasteiger partial charge is 0.223 e. The van der Waals surface area contributed by atoms with Crippen LogP contribution in [0.1, 0.15) is 30.6 Å². The molecule has 0 amide bonds. The predicted octanol–water partition coefficient (Wildman–Crippen LogP) is 3.00. The number of ether oxygens (including phenoxy) is 1. The average molecular weight is 340 g/mol. The lowest BCUT2D eigenvalue weighted by Crippen LogP contribution is -2.21. The highest BCUT2D eigenvalue weighted by molar-refractivity contribution is 9.10. The molecule has 1 aromatic carbocycles. The molecule has 1 unspecified atom stereocenters. The summed E-state index contributed by atoms with van der Waals surface area (Å²) in [6.07, 6.45) is 1.70. The standard InChI is InChI=1S/C14H18BrN3O2/c1-3-11(16)7-10-5-4-6-12(15)14(10)19-8-13-17-9(2)20-18-13/h4-6,11H,3,7-8,16H2,1-2H3. The molecule has 1 heterocycles. The van der Waals surface area contributed by atoms with E-state index >= 15 is 0 Å². The summed E-state index contributed by atoms with van der Waals surface area (Å²) in [4.78, 5) is 4.12. The minimum atomic E-state index is 0.124. The van der Waals surface area contributed by atoms with Crippen molar-refractivity contribution in [3.05, 3.63) is 40.0 Å². The second-order valence-corrected chi connectivity index (χ2v) is 5.47. The van der Waals surface area contributed by atoms with E-state index in [1.807, 2.05) is 18.2 Å². The number of para-hydroxylation sites is 1. The highest BCUT2D eigenvalue weighted by Crippen LogP contribution is 2.30. The molecule has 0 spiro atoms. The highest BCUT2D eigenvalue weighted by Gasteiger charge is 2.12. The van der Waals surface area contributed by atoms with Crippen LogP contribution in [0.5, 0.6) is 5.75 Å². The molecule has 2 aromatic rings. The summed E-state index contributed by atoms with van der Waals surface area (Å²) in [5.41, 5.74) is 7.10. The fourth-order valence-electron chi connectivity index (χ4n) is 1.84. The Morgan fingerprint density at radius 3 is 2.90 bits per heavy atom. The number of halogens is 1. The van der Waals surface area contributed by atoms with Crippen molar-refractivity contribution in [2.75, 3.05) is 0 Å². The molecule has 0 saturated carbocycles. The van der Waals surface area contributed by atoms with E-state index in [0.717, 1.165) is 28.6 Å². The third-order valence-corrected chi connectivity index (χ3v) is 3.59. The van der Waals surface area contributed by atoms with Gasteiger partial charge in [-0.3, -0.25) is 0 Å². The van der Waals surface area contributed by atoms with Crippen molar-refractivity contribution < 1.29 is 9.26 Å². The third-order valence-electron chi connectivity index (χ3n) is 2.97. The monoisotopic (exact) mass is 339 g/mol. The molecule has 0 aliphatic rings. The normalized spacial score (nSPS) is 12.4. The van der Waals surface area contributed by atoms with Crippen molar-refractivity contribution in [3.8, 4) is 5.75 Å². The van der Waals surface area contributed by atoms with E-state index < -0.39 is 0 Å². The first-order valence-corrected chi connectivity index (χ1v) is 7.34. The van der Waals surface area contributed by atoms with Gasteiger partial charge in [-0.15, -0.1) is 0 Å². The van der Waals surface area contributed by atoms with Crippen molar-refractivity contribution in [1.29, 1.82) is 0 Å². The van der Waals surface area contributed by atoms with Gasteiger partial charge in [-0.1, -0.05) is 24.2 Å². The number of benzene rings is 1. The summed E-state index contributed by atoms with van der Waals surface area (Å²) in [7, 11) is 0. The van der Waals surface area contributed by atoms with E-state index in [1.54, 1.807) is 6.92 Å². The minimum absolute atomic E-state index is 0.124. The Balaban J connectivity index is 2.12. The molecule has 0 saturated heterocycles. The van der Waals surface area contributed by atoms with Crippen LogP contribution in [0, 0.1) is 6.92 Å². The second-order valence-electron chi connectivity index (χ2n) is 4.62. The van der Waals surface area contributed by atoms with Gasteiger partial charge in [0.1, 0.15) is 5.75 Å². The molecule has 0 aliphatic carbocycles. The first-order chi connectivity index (χ1) is 9.60. The third kappa shape index (κ3) is 3.80. The molecule has 108 valence electrons. The van der Waals surface area contributed by atoms with E-state index in [1.165, 1.54) is 0 Å². The van der Waals surface area contributed by atoms with Crippen LogP contribution in [-0.2, 0) is 13.0 Å². The Kier molecular flexibility index (Phi) is 5.14. The van der Waals surface area contributed by atoms with Crippen molar-refractivity contribution in [2.24, 2.45) is 5.73 Å². The molecule has 0 aliphatic heterocycles. The number of hydrogen-bond acceptors (Lipinski definition) is 5. The lowest BCUT2D eigenvalue weighted by molar-refractivity contribution is 0.281. The van der Waals surface area contributed by atoms with Gasteiger partial charge in [0, 0.05) is 13.0 Å². The number of aromatic nitrogens is 2. The van der Waals surface area contributed by atoms with Crippen LogP contribution in [0.3, 0.4) is 0 Å². The molecule has 0 bridgehead atoms. The number of rotatable bonds is 6. The lowest BCUT2D eigenvalue weighted by Gasteiger charge is -2.15. The zero-order chi connectivity index (χ0) is 14.5. The molecule has 0 radical (unpaired) electrons. The van der Waals surface area contributed by atoms with Gasteiger partial charge in [-0.05, 0) is 40.4 Å². The van der Waals surface area contributed by atoms with E-state index in [2.05, 4.69) is 33.0 Å². The number of nitrogens with zero attached hydrogens (tertiary/aromatic N) is 2. The molecule has 2 rings (SSSR count). The summed E-state index contributed by atoms with van der Waals surface area (Å²) in [6.45, 7) is 4.10. The summed E-state index contributed by atoms with van der Waals surface area (Å²) in [5, 5.41) is 3.82. The maximum absolute atomic E-state index is 6.02. The van der Waals surface area contributed by atoms with Gasteiger partial charge in [0.2, 0.25) is 11.7 Å². The van der Waals surface area contributed by atoms with Gasteiger partial charge in [0.05, 0.1) is 4.47 Å². The first-order valence-electron chi connectivity index (χ1n) is 6.55. The largest absolute Gasteiger partial charge is 0.484 e. The Hall–Kier alpha value is -1.40. The van der Waals surface area contributed by atoms with Crippen molar-refractivity contribution in [3.63, 3.8) is 0 Å². The fourth-order valence-corrected chi connectivity index (χ4v) is 2.36. The SMILES string of the molecule is CCC(N)Cc1cccc(Br)c1OCc1noc(C)n1.